The summed E-state index contributed by atoms with van der Waals surface area (Å²) in [5.41, 5.74) is -4.07. The smallest absolute Gasteiger partial charge is 0.302 e. The normalized spacial score (nSPS) is 20.4. The lowest BCUT2D eigenvalue weighted by molar-refractivity contribution is -0.194. The van der Waals surface area contributed by atoms with Crippen LogP contribution >= 0.6 is 11.6 Å². The van der Waals surface area contributed by atoms with E-state index in [2.05, 4.69) is 0 Å². The van der Waals surface area contributed by atoms with E-state index >= 15 is 0 Å². The zero-order chi connectivity index (χ0) is 20.7. The fourth-order valence-corrected chi connectivity index (χ4v) is 3.95. The summed E-state index contributed by atoms with van der Waals surface area (Å²) >= 11 is 5.70. The first-order valence-corrected chi connectivity index (χ1v) is 9.42. The van der Waals surface area contributed by atoms with E-state index in [0.717, 1.165) is 24.3 Å². The molecule has 148 valence electrons. The molecule has 1 atom stereocenters. The van der Waals surface area contributed by atoms with Crippen LogP contribution in [0.3, 0.4) is 0 Å². The van der Waals surface area contributed by atoms with Crippen molar-refractivity contribution in [1.29, 1.82) is 0 Å². The molecule has 1 saturated heterocycles. The number of anilines is 1. The Balaban J connectivity index is 2.07. The van der Waals surface area contributed by atoms with Crippen LogP contribution < -0.4 is 14.9 Å². The predicted molar refractivity (Wildman–Crippen MR) is 93.0 cm³/mol. The standard InChI is InChI=1S/C16H11ClF3N3O4S/c17-10-6-8-11(9-7-10)23-13(24)15(16(18,19)20,21-14(23)25)22-28(26,27)12-4-2-1-3-5-12/h1-9,22H,(H,21,25)/t15-/m0/s1. The van der Waals surface area contributed by atoms with Gasteiger partial charge in [0.2, 0.25) is 10.0 Å². The highest BCUT2D eigenvalue weighted by molar-refractivity contribution is 7.89. The molecule has 0 unspecified atom stereocenters. The number of nitrogens with zero attached hydrogens (tertiary/aromatic N) is 1. The van der Waals surface area contributed by atoms with Crippen LogP contribution in [0.25, 0.3) is 0 Å². The number of halogens is 4. The van der Waals surface area contributed by atoms with Gasteiger partial charge in [0.05, 0.1) is 10.6 Å². The molecule has 0 bridgehead atoms. The Kier molecular flexibility index (Phi) is 4.86. The zero-order valence-corrected chi connectivity index (χ0v) is 15.3. The molecular formula is C16H11ClF3N3O4S. The molecule has 1 heterocycles. The second kappa shape index (κ2) is 6.76. The van der Waals surface area contributed by atoms with E-state index in [9.17, 15) is 31.2 Å². The average Bonchev–Trinajstić information content (AvgIpc) is 2.87. The molecule has 7 nitrogen and oxygen atoms in total. The largest absolute Gasteiger partial charge is 0.435 e. The number of benzene rings is 2. The van der Waals surface area contributed by atoms with Crippen LogP contribution in [-0.2, 0) is 14.8 Å². The SMILES string of the molecule is O=C1N[C@@](NS(=O)(=O)c2ccccc2)(C(F)(F)F)C(=O)N1c1ccc(Cl)cc1. The summed E-state index contributed by atoms with van der Waals surface area (Å²) in [7, 11) is -4.81. The molecule has 28 heavy (non-hydrogen) atoms. The number of hydrogen-bond acceptors (Lipinski definition) is 4. The van der Waals surface area contributed by atoms with E-state index in [1.807, 2.05) is 0 Å². The van der Waals surface area contributed by atoms with Crippen molar-refractivity contribution in [1.82, 2.24) is 10.0 Å². The van der Waals surface area contributed by atoms with Crippen molar-refractivity contribution in [2.24, 2.45) is 0 Å². The summed E-state index contributed by atoms with van der Waals surface area (Å²) in [5, 5.41) is 1.66. The minimum absolute atomic E-state index is 0.192. The first-order chi connectivity index (χ1) is 13.0. The molecule has 2 aromatic rings. The quantitative estimate of drug-likeness (QED) is 0.724. The van der Waals surface area contributed by atoms with Gasteiger partial charge in [0.1, 0.15) is 0 Å². The fourth-order valence-electron chi connectivity index (χ4n) is 2.53. The number of carbonyl (C=O) groups is 2. The van der Waals surface area contributed by atoms with Gasteiger partial charge in [-0.3, -0.25) is 4.79 Å². The van der Waals surface area contributed by atoms with Crippen molar-refractivity contribution in [2.45, 2.75) is 16.7 Å². The molecule has 0 aliphatic carbocycles. The number of hydrogen-bond donors (Lipinski definition) is 2. The molecule has 0 spiro atoms. The Labute approximate surface area is 162 Å². The molecule has 3 amide bonds. The number of alkyl halides is 3. The molecule has 2 N–H and O–H groups in total. The fraction of sp³-hybridized carbons (Fsp3) is 0.125. The number of carbonyl (C=O) groups excluding carboxylic acids is 2. The second-order valence-electron chi connectivity index (χ2n) is 5.71. The van der Waals surface area contributed by atoms with E-state index < -0.39 is 38.7 Å². The third-order valence-electron chi connectivity index (χ3n) is 3.87. The lowest BCUT2D eigenvalue weighted by Gasteiger charge is -2.29. The summed E-state index contributed by atoms with van der Waals surface area (Å²) in [6.45, 7) is 0. The van der Waals surface area contributed by atoms with E-state index in [4.69, 9.17) is 11.6 Å². The summed E-state index contributed by atoms with van der Waals surface area (Å²) in [6, 6.07) is 9.53. The maximum atomic E-state index is 13.8. The van der Waals surface area contributed by atoms with Gasteiger partial charge >= 0.3 is 12.2 Å². The van der Waals surface area contributed by atoms with Crippen LogP contribution in [0.5, 0.6) is 0 Å². The van der Waals surface area contributed by atoms with Gasteiger partial charge in [0.15, 0.2) is 0 Å². The Morgan fingerprint density at radius 1 is 1.00 bits per heavy atom. The number of amides is 3. The van der Waals surface area contributed by atoms with Crippen molar-refractivity contribution in [3.8, 4) is 0 Å². The monoisotopic (exact) mass is 433 g/mol. The molecule has 1 aliphatic heterocycles. The summed E-state index contributed by atoms with van der Waals surface area (Å²) in [5.74, 6) is -1.84. The Bertz CT molecular complexity index is 1030. The highest BCUT2D eigenvalue weighted by Crippen LogP contribution is 2.37. The third-order valence-corrected chi connectivity index (χ3v) is 5.59. The molecule has 2 aromatic carbocycles. The van der Waals surface area contributed by atoms with Crippen LogP contribution in [0.15, 0.2) is 59.5 Å². The highest BCUT2D eigenvalue weighted by atomic mass is 35.5. The van der Waals surface area contributed by atoms with Gasteiger partial charge in [-0.1, -0.05) is 29.8 Å². The number of nitrogens with one attached hydrogen (secondary N) is 2. The summed E-state index contributed by atoms with van der Waals surface area (Å²) in [6.07, 6.45) is -5.47. The lowest BCUT2D eigenvalue weighted by Crippen LogP contribution is -2.69. The Morgan fingerprint density at radius 3 is 2.11 bits per heavy atom. The van der Waals surface area contributed by atoms with Crippen LogP contribution in [0.2, 0.25) is 5.02 Å². The van der Waals surface area contributed by atoms with Gasteiger partial charge in [-0.25, -0.2) is 18.1 Å². The first kappa shape index (κ1) is 20.1. The van der Waals surface area contributed by atoms with Gasteiger partial charge in [0.25, 0.3) is 11.6 Å². The van der Waals surface area contributed by atoms with Gasteiger partial charge in [0, 0.05) is 5.02 Å². The first-order valence-electron chi connectivity index (χ1n) is 7.56. The predicted octanol–water partition coefficient (Wildman–Crippen LogP) is 2.63. The van der Waals surface area contributed by atoms with Crippen molar-refractivity contribution < 1.29 is 31.2 Å². The van der Waals surface area contributed by atoms with Crippen LogP contribution in [-0.4, -0.2) is 32.2 Å². The third kappa shape index (κ3) is 3.32. The molecule has 12 heteroatoms. The molecule has 0 radical (unpaired) electrons. The Hall–Kier alpha value is -2.63. The lowest BCUT2D eigenvalue weighted by atomic mass is 10.1. The maximum absolute atomic E-state index is 13.8. The van der Waals surface area contributed by atoms with Crippen LogP contribution in [0.1, 0.15) is 0 Å². The van der Waals surface area contributed by atoms with Gasteiger partial charge < -0.3 is 5.32 Å². The molecule has 3 rings (SSSR count). The summed E-state index contributed by atoms with van der Waals surface area (Å²) < 4.78 is 67.7. The summed E-state index contributed by atoms with van der Waals surface area (Å²) in [4.78, 5) is 24.5. The van der Waals surface area contributed by atoms with E-state index in [1.54, 1.807) is 0 Å². The average molecular weight is 434 g/mol. The highest BCUT2D eigenvalue weighted by Gasteiger charge is 2.69. The van der Waals surface area contributed by atoms with Crippen LogP contribution in [0.4, 0.5) is 23.7 Å². The van der Waals surface area contributed by atoms with Crippen molar-refractivity contribution in [3.05, 3.63) is 59.6 Å². The van der Waals surface area contributed by atoms with E-state index in [-0.39, 0.29) is 15.6 Å². The Morgan fingerprint density at radius 2 is 1.57 bits per heavy atom. The molecule has 1 aliphatic rings. The molecule has 0 saturated carbocycles. The minimum atomic E-state index is -5.47. The van der Waals surface area contributed by atoms with Gasteiger partial charge in [-0.15, -0.1) is 0 Å². The van der Waals surface area contributed by atoms with Crippen molar-refractivity contribution in [3.63, 3.8) is 0 Å². The van der Waals surface area contributed by atoms with Gasteiger partial charge in [-0.05, 0) is 36.4 Å². The van der Waals surface area contributed by atoms with Gasteiger partial charge in [-0.2, -0.15) is 17.9 Å². The number of urea groups is 1. The number of sulfonamides is 1. The second-order valence-corrected chi connectivity index (χ2v) is 7.83. The van der Waals surface area contributed by atoms with Crippen LogP contribution in [0, 0.1) is 0 Å². The van der Waals surface area contributed by atoms with Crippen molar-refractivity contribution in [2.75, 3.05) is 4.90 Å². The maximum Gasteiger partial charge on any atom is 0.435 e. The van der Waals surface area contributed by atoms with E-state index in [1.165, 1.54) is 40.4 Å². The molecular weight excluding hydrogens is 423 g/mol. The topological polar surface area (TPSA) is 95.6 Å². The number of imide groups is 1. The number of rotatable bonds is 4. The van der Waals surface area contributed by atoms with Crippen molar-refractivity contribution >= 4 is 39.2 Å². The molecule has 1 fully saturated rings. The molecule has 0 aromatic heterocycles. The zero-order valence-electron chi connectivity index (χ0n) is 13.7. The van der Waals surface area contributed by atoms with E-state index in [0.29, 0.717) is 0 Å². The minimum Gasteiger partial charge on any atom is -0.302 e.